The van der Waals surface area contributed by atoms with Crippen LogP contribution in [0.1, 0.15) is 33.7 Å². The number of rotatable bonds is 2. The Balaban J connectivity index is 1.66. The van der Waals surface area contributed by atoms with Gasteiger partial charge in [0.25, 0.3) is 5.91 Å². The predicted molar refractivity (Wildman–Crippen MR) is 99.0 cm³/mol. The number of amides is 1. The lowest BCUT2D eigenvalue weighted by Crippen LogP contribution is -2.42. The molecule has 26 heavy (non-hydrogen) atoms. The van der Waals surface area contributed by atoms with E-state index in [9.17, 15) is 4.79 Å². The van der Waals surface area contributed by atoms with Crippen molar-refractivity contribution in [1.29, 1.82) is 0 Å². The Morgan fingerprint density at radius 1 is 1.23 bits per heavy atom. The van der Waals surface area contributed by atoms with Gasteiger partial charge in [-0.25, -0.2) is 9.97 Å². The zero-order chi connectivity index (χ0) is 18.3. The maximum absolute atomic E-state index is 13.3. The quantitative estimate of drug-likeness (QED) is 0.713. The molecule has 1 amide bonds. The number of hydrogen-bond donors (Lipinski definition) is 0. The Morgan fingerprint density at radius 2 is 2.04 bits per heavy atom. The number of aromatic nitrogens is 3. The number of aryl methyl sites for hydroxylation is 2. The summed E-state index contributed by atoms with van der Waals surface area (Å²) in [7, 11) is 2.00. The third-order valence-electron chi connectivity index (χ3n) is 5.09. The molecule has 0 aliphatic carbocycles. The molecule has 134 valence electrons. The van der Waals surface area contributed by atoms with Gasteiger partial charge in [-0.3, -0.25) is 4.79 Å². The van der Waals surface area contributed by atoms with E-state index in [0.717, 1.165) is 27.9 Å². The van der Waals surface area contributed by atoms with Gasteiger partial charge in [0.15, 0.2) is 0 Å². The van der Waals surface area contributed by atoms with E-state index in [1.807, 2.05) is 56.1 Å². The fraction of sp³-hybridized carbons (Fsp3) is 0.350. The Morgan fingerprint density at radius 3 is 2.85 bits per heavy atom. The minimum Gasteiger partial charge on any atom is -0.368 e. The van der Waals surface area contributed by atoms with Crippen LogP contribution in [0.5, 0.6) is 0 Å². The van der Waals surface area contributed by atoms with Gasteiger partial charge in [0.2, 0.25) is 0 Å². The Kier molecular flexibility index (Phi) is 4.20. The fourth-order valence-corrected chi connectivity index (χ4v) is 3.62. The van der Waals surface area contributed by atoms with Gasteiger partial charge in [-0.2, -0.15) is 0 Å². The summed E-state index contributed by atoms with van der Waals surface area (Å²) in [5.74, 6) is 0.762. The summed E-state index contributed by atoms with van der Waals surface area (Å²) in [5, 5.41) is 0.999. The molecule has 1 atom stereocenters. The number of nitrogens with zero attached hydrogens (tertiary/aromatic N) is 4. The molecular weight excluding hydrogens is 328 g/mol. The Hall–Kier alpha value is -2.73. The summed E-state index contributed by atoms with van der Waals surface area (Å²) >= 11 is 0. The standard InChI is InChI=1S/C20H22N4O2/c1-13-19(15-6-4-5-7-17(15)23(13)3)20(25)24-10-11-26-18(12-24)16-8-9-21-14(2)22-16/h4-9,18H,10-12H2,1-3H3/t18-/m1/s1. The van der Waals surface area contributed by atoms with Crippen LogP contribution in [0, 0.1) is 13.8 Å². The highest BCUT2D eigenvalue weighted by Crippen LogP contribution is 2.28. The minimum absolute atomic E-state index is 0.0541. The maximum Gasteiger partial charge on any atom is 0.256 e. The molecule has 4 rings (SSSR count). The summed E-state index contributed by atoms with van der Waals surface area (Å²) in [6.07, 6.45) is 1.51. The van der Waals surface area contributed by atoms with Gasteiger partial charge in [0.1, 0.15) is 11.9 Å². The molecule has 3 aromatic rings. The monoisotopic (exact) mass is 350 g/mol. The number of morpholine rings is 1. The summed E-state index contributed by atoms with van der Waals surface area (Å²) in [4.78, 5) is 23.8. The van der Waals surface area contributed by atoms with Crippen LogP contribution in [0.2, 0.25) is 0 Å². The first-order valence-electron chi connectivity index (χ1n) is 8.80. The van der Waals surface area contributed by atoms with Crippen molar-refractivity contribution in [2.24, 2.45) is 7.05 Å². The van der Waals surface area contributed by atoms with Crippen molar-refractivity contribution in [2.75, 3.05) is 19.7 Å². The zero-order valence-corrected chi connectivity index (χ0v) is 15.3. The number of ether oxygens (including phenoxy) is 1. The number of benzene rings is 1. The molecule has 1 aromatic carbocycles. The van der Waals surface area contributed by atoms with E-state index in [0.29, 0.717) is 25.5 Å². The van der Waals surface area contributed by atoms with Crippen molar-refractivity contribution in [3.05, 3.63) is 59.3 Å². The van der Waals surface area contributed by atoms with Crippen LogP contribution in [0.25, 0.3) is 10.9 Å². The lowest BCUT2D eigenvalue weighted by Gasteiger charge is -2.32. The highest BCUT2D eigenvalue weighted by molar-refractivity contribution is 6.08. The van der Waals surface area contributed by atoms with E-state index in [4.69, 9.17) is 4.74 Å². The van der Waals surface area contributed by atoms with Crippen LogP contribution >= 0.6 is 0 Å². The van der Waals surface area contributed by atoms with Gasteiger partial charge in [0.05, 0.1) is 24.4 Å². The molecule has 0 bridgehead atoms. The van der Waals surface area contributed by atoms with Crippen LogP contribution in [0.4, 0.5) is 0 Å². The highest BCUT2D eigenvalue weighted by atomic mass is 16.5. The van der Waals surface area contributed by atoms with Crippen LogP contribution in [0.3, 0.4) is 0 Å². The van der Waals surface area contributed by atoms with E-state index in [-0.39, 0.29) is 12.0 Å². The lowest BCUT2D eigenvalue weighted by atomic mass is 10.1. The molecule has 0 unspecified atom stereocenters. The molecule has 0 saturated carbocycles. The first-order chi connectivity index (χ1) is 12.6. The predicted octanol–water partition coefficient (Wildman–Crippen LogP) is 2.80. The Bertz CT molecular complexity index is 979. The van der Waals surface area contributed by atoms with Crippen molar-refractivity contribution < 1.29 is 9.53 Å². The summed E-state index contributed by atoms with van der Waals surface area (Å²) < 4.78 is 7.95. The number of fused-ring (bicyclic) bond motifs is 1. The number of carbonyl (C=O) groups excluding carboxylic acids is 1. The minimum atomic E-state index is -0.218. The first-order valence-corrected chi connectivity index (χ1v) is 8.80. The van der Waals surface area contributed by atoms with E-state index >= 15 is 0 Å². The largest absolute Gasteiger partial charge is 0.368 e. The van der Waals surface area contributed by atoms with E-state index < -0.39 is 0 Å². The van der Waals surface area contributed by atoms with Crippen LogP contribution in [0.15, 0.2) is 36.5 Å². The number of para-hydroxylation sites is 1. The smallest absolute Gasteiger partial charge is 0.256 e. The van der Waals surface area contributed by atoms with Gasteiger partial charge in [-0.1, -0.05) is 18.2 Å². The first kappa shape index (κ1) is 16.7. The molecule has 2 aromatic heterocycles. The zero-order valence-electron chi connectivity index (χ0n) is 15.3. The average molecular weight is 350 g/mol. The van der Waals surface area contributed by atoms with Gasteiger partial charge in [0, 0.05) is 36.4 Å². The molecule has 3 heterocycles. The van der Waals surface area contributed by atoms with Crippen LogP contribution < -0.4 is 0 Å². The fourth-order valence-electron chi connectivity index (χ4n) is 3.62. The van der Waals surface area contributed by atoms with Crippen molar-refractivity contribution in [1.82, 2.24) is 19.4 Å². The SMILES string of the molecule is Cc1nccc([C@H]2CN(C(=O)c3c(C)n(C)c4ccccc34)CCO2)n1. The second kappa shape index (κ2) is 6.53. The van der Waals surface area contributed by atoms with Crippen molar-refractivity contribution in [3.8, 4) is 0 Å². The molecule has 0 N–H and O–H groups in total. The number of hydrogen-bond acceptors (Lipinski definition) is 4. The molecule has 0 radical (unpaired) electrons. The summed E-state index contributed by atoms with van der Waals surface area (Å²) in [6, 6.07) is 9.89. The van der Waals surface area contributed by atoms with Gasteiger partial charge >= 0.3 is 0 Å². The van der Waals surface area contributed by atoms with E-state index in [1.54, 1.807) is 6.20 Å². The van der Waals surface area contributed by atoms with Gasteiger partial charge in [-0.15, -0.1) is 0 Å². The van der Waals surface area contributed by atoms with E-state index in [2.05, 4.69) is 14.5 Å². The molecular formula is C20H22N4O2. The molecule has 1 saturated heterocycles. The van der Waals surface area contributed by atoms with Gasteiger partial charge < -0.3 is 14.2 Å². The van der Waals surface area contributed by atoms with Crippen molar-refractivity contribution >= 4 is 16.8 Å². The molecule has 6 nitrogen and oxygen atoms in total. The molecule has 0 spiro atoms. The van der Waals surface area contributed by atoms with Crippen molar-refractivity contribution in [3.63, 3.8) is 0 Å². The lowest BCUT2D eigenvalue weighted by molar-refractivity contribution is -0.0248. The third kappa shape index (κ3) is 2.76. The van der Waals surface area contributed by atoms with Crippen LogP contribution in [-0.2, 0) is 11.8 Å². The van der Waals surface area contributed by atoms with Crippen molar-refractivity contribution in [2.45, 2.75) is 20.0 Å². The second-order valence-corrected chi connectivity index (χ2v) is 6.68. The third-order valence-corrected chi connectivity index (χ3v) is 5.09. The van der Waals surface area contributed by atoms with Gasteiger partial charge in [-0.05, 0) is 26.0 Å². The summed E-state index contributed by atoms with van der Waals surface area (Å²) in [6.45, 7) is 5.44. The average Bonchev–Trinajstić information content (AvgIpc) is 2.92. The number of carbonyl (C=O) groups is 1. The molecule has 6 heteroatoms. The molecule has 1 fully saturated rings. The molecule has 1 aliphatic rings. The van der Waals surface area contributed by atoms with Crippen LogP contribution in [-0.4, -0.2) is 45.0 Å². The Labute approximate surface area is 152 Å². The normalized spacial score (nSPS) is 17.7. The summed E-state index contributed by atoms with van der Waals surface area (Å²) in [5.41, 5.74) is 3.66. The topological polar surface area (TPSA) is 60.2 Å². The maximum atomic E-state index is 13.3. The second-order valence-electron chi connectivity index (χ2n) is 6.68. The van der Waals surface area contributed by atoms with E-state index in [1.165, 1.54) is 0 Å². The highest BCUT2D eigenvalue weighted by Gasteiger charge is 2.29. The molecule has 1 aliphatic heterocycles.